The van der Waals surface area contributed by atoms with Crippen molar-refractivity contribution >= 4 is 15.5 Å². The molecule has 0 bridgehead atoms. The zero-order valence-electron chi connectivity index (χ0n) is 11.0. The van der Waals surface area contributed by atoms with Gasteiger partial charge in [-0.2, -0.15) is 0 Å². The Hall–Kier alpha value is -2.08. The molecule has 20 heavy (non-hydrogen) atoms. The molecular formula is C14H14N2O3S. The molecule has 1 aliphatic heterocycles. The molecule has 1 aromatic heterocycles. The molecule has 2 heterocycles. The molecule has 0 radical (unpaired) electrons. The zero-order valence-corrected chi connectivity index (χ0v) is 11.8. The van der Waals surface area contributed by atoms with Crippen molar-refractivity contribution in [2.45, 2.75) is 11.3 Å². The van der Waals surface area contributed by atoms with Gasteiger partial charge in [0.1, 0.15) is 11.4 Å². The second-order valence-corrected chi connectivity index (χ2v) is 6.79. The first kappa shape index (κ1) is 12.9. The van der Waals surface area contributed by atoms with Crippen molar-refractivity contribution in [2.24, 2.45) is 0 Å². The molecule has 3 rings (SSSR count). The third kappa shape index (κ3) is 2.02. The highest BCUT2D eigenvalue weighted by Crippen LogP contribution is 2.34. The van der Waals surface area contributed by atoms with Crippen LogP contribution in [0.15, 0.2) is 35.4 Å². The van der Waals surface area contributed by atoms with Gasteiger partial charge in [-0.1, -0.05) is 6.07 Å². The van der Waals surface area contributed by atoms with Crippen LogP contribution in [0.1, 0.15) is 5.56 Å². The minimum atomic E-state index is -3.10. The lowest BCUT2D eigenvalue weighted by Gasteiger charge is -2.09. The molecule has 2 aromatic rings. The third-order valence-electron chi connectivity index (χ3n) is 3.40. The van der Waals surface area contributed by atoms with Crippen molar-refractivity contribution < 1.29 is 13.2 Å². The van der Waals surface area contributed by atoms with Gasteiger partial charge in [0.25, 0.3) is 0 Å². The summed E-state index contributed by atoms with van der Waals surface area (Å²) in [6, 6.07) is 6.96. The topological polar surface area (TPSA) is 82.3 Å². The lowest BCUT2D eigenvalue weighted by molar-refractivity contribution is 0.415. The van der Waals surface area contributed by atoms with Gasteiger partial charge < -0.3 is 10.5 Å². The van der Waals surface area contributed by atoms with Crippen LogP contribution in [-0.2, 0) is 16.3 Å². The number of ether oxygens (including phenoxy) is 1. The van der Waals surface area contributed by atoms with Crippen LogP contribution in [0.2, 0.25) is 0 Å². The van der Waals surface area contributed by atoms with Crippen LogP contribution in [0.5, 0.6) is 5.75 Å². The summed E-state index contributed by atoms with van der Waals surface area (Å²) in [6.07, 6.45) is 2.10. The number of methoxy groups -OCH3 is 1. The first-order valence-corrected chi connectivity index (χ1v) is 7.82. The third-order valence-corrected chi connectivity index (χ3v) is 5.21. The smallest absolute Gasteiger partial charge is 0.178 e. The van der Waals surface area contributed by atoms with Crippen LogP contribution in [0.3, 0.4) is 0 Å². The molecule has 1 aromatic carbocycles. The Morgan fingerprint density at radius 2 is 2.10 bits per heavy atom. The van der Waals surface area contributed by atoms with E-state index < -0.39 is 9.84 Å². The van der Waals surface area contributed by atoms with E-state index in [0.29, 0.717) is 28.4 Å². The average Bonchev–Trinajstić information content (AvgIpc) is 2.74. The predicted molar refractivity (Wildman–Crippen MR) is 76.4 cm³/mol. The maximum Gasteiger partial charge on any atom is 0.178 e. The molecule has 0 spiro atoms. The predicted octanol–water partition coefficient (Wildman–Crippen LogP) is 1.67. The van der Waals surface area contributed by atoms with Gasteiger partial charge in [-0.05, 0) is 24.1 Å². The molecule has 104 valence electrons. The van der Waals surface area contributed by atoms with E-state index in [1.807, 2.05) is 6.07 Å². The van der Waals surface area contributed by atoms with Crippen LogP contribution in [0, 0.1) is 0 Å². The summed E-state index contributed by atoms with van der Waals surface area (Å²) in [4.78, 5) is 4.71. The number of anilines is 1. The highest BCUT2D eigenvalue weighted by molar-refractivity contribution is 7.91. The summed E-state index contributed by atoms with van der Waals surface area (Å²) >= 11 is 0. The summed E-state index contributed by atoms with van der Waals surface area (Å²) in [5.74, 6) is 0.753. The molecule has 0 fully saturated rings. The van der Waals surface area contributed by atoms with E-state index in [1.54, 1.807) is 31.5 Å². The van der Waals surface area contributed by atoms with Gasteiger partial charge >= 0.3 is 0 Å². The van der Waals surface area contributed by atoms with Crippen molar-refractivity contribution in [3.8, 4) is 17.0 Å². The lowest BCUT2D eigenvalue weighted by Crippen LogP contribution is -1.98. The van der Waals surface area contributed by atoms with Crippen molar-refractivity contribution in [3.63, 3.8) is 0 Å². The fraction of sp³-hybridized carbons (Fsp3) is 0.214. The van der Waals surface area contributed by atoms with Crippen molar-refractivity contribution in [1.82, 2.24) is 4.98 Å². The summed E-state index contributed by atoms with van der Waals surface area (Å²) in [5.41, 5.74) is 8.54. The highest BCUT2D eigenvalue weighted by Gasteiger charge is 2.26. The number of sulfone groups is 1. The minimum absolute atomic E-state index is 0.179. The number of pyridine rings is 1. The Balaban J connectivity index is 2.14. The van der Waals surface area contributed by atoms with Crippen LogP contribution in [0.4, 0.5) is 5.69 Å². The number of nitrogen functional groups attached to an aromatic ring is 1. The monoisotopic (exact) mass is 290 g/mol. The largest absolute Gasteiger partial charge is 0.494 e. The maximum absolute atomic E-state index is 11.8. The minimum Gasteiger partial charge on any atom is -0.494 e. The number of benzene rings is 1. The van der Waals surface area contributed by atoms with E-state index >= 15 is 0 Å². The van der Waals surface area contributed by atoms with E-state index in [-0.39, 0.29) is 5.75 Å². The molecule has 0 saturated heterocycles. The second kappa shape index (κ2) is 4.49. The van der Waals surface area contributed by atoms with Gasteiger partial charge in [0.2, 0.25) is 0 Å². The molecule has 6 heteroatoms. The SMILES string of the molecule is COc1cc(N)cnc1-c1ccc2c(c1)CCS2(=O)=O. The van der Waals surface area contributed by atoms with Gasteiger partial charge in [0.05, 0.1) is 29.6 Å². The van der Waals surface area contributed by atoms with Crippen LogP contribution in [0.25, 0.3) is 11.3 Å². The van der Waals surface area contributed by atoms with E-state index in [0.717, 1.165) is 11.1 Å². The molecule has 0 saturated carbocycles. The first-order valence-electron chi connectivity index (χ1n) is 6.17. The second-order valence-electron chi connectivity index (χ2n) is 4.71. The lowest BCUT2D eigenvalue weighted by atomic mass is 10.1. The highest BCUT2D eigenvalue weighted by atomic mass is 32.2. The van der Waals surface area contributed by atoms with E-state index in [2.05, 4.69) is 4.98 Å². The quantitative estimate of drug-likeness (QED) is 0.909. The van der Waals surface area contributed by atoms with Crippen molar-refractivity contribution in [3.05, 3.63) is 36.0 Å². The summed E-state index contributed by atoms with van der Waals surface area (Å²) in [7, 11) is -1.55. The molecule has 5 nitrogen and oxygen atoms in total. The molecule has 1 aliphatic rings. The zero-order chi connectivity index (χ0) is 14.3. The van der Waals surface area contributed by atoms with Gasteiger partial charge in [-0.3, -0.25) is 4.98 Å². The average molecular weight is 290 g/mol. The standard InChI is InChI=1S/C14H14N2O3S/c1-19-12-7-11(15)8-16-14(12)10-2-3-13-9(6-10)4-5-20(13,17)18/h2-3,6-8H,4-5,15H2,1H3. The number of hydrogen-bond acceptors (Lipinski definition) is 5. The van der Waals surface area contributed by atoms with Gasteiger partial charge in [-0.25, -0.2) is 8.42 Å². The van der Waals surface area contributed by atoms with Crippen molar-refractivity contribution in [2.75, 3.05) is 18.6 Å². The molecular weight excluding hydrogens is 276 g/mol. The maximum atomic E-state index is 11.8. The van der Waals surface area contributed by atoms with Crippen LogP contribution < -0.4 is 10.5 Å². The van der Waals surface area contributed by atoms with E-state index in [4.69, 9.17) is 10.5 Å². The van der Waals surface area contributed by atoms with Gasteiger partial charge in [-0.15, -0.1) is 0 Å². The number of aryl methyl sites for hydroxylation is 1. The molecule has 0 amide bonds. The Bertz CT molecular complexity index is 785. The molecule has 0 atom stereocenters. The normalized spacial score (nSPS) is 15.8. The van der Waals surface area contributed by atoms with Gasteiger partial charge in [0, 0.05) is 11.6 Å². The number of hydrogen-bond donors (Lipinski definition) is 1. The van der Waals surface area contributed by atoms with Gasteiger partial charge in [0.15, 0.2) is 9.84 Å². The number of nitrogens with zero attached hydrogens (tertiary/aromatic N) is 1. The molecule has 0 unspecified atom stereocenters. The Kier molecular flexibility index (Phi) is 2.90. The number of nitrogens with two attached hydrogens (primary N) is 1. The Morgan fingerprint density at radius 3 is 2.85 bits per heavy atom. The number of aromatic nitrogens is 1. The number of rotatable bonds is 2. The number of fused-ring (bicyclic) bond motifs is 1. The van der Waals surface area contributed by atoms with E-state index in [1.165, 1.54) is 0 Å². The Labute approximate surface area is 117 Å². The fourth-order valence-corrected chi connectivity index (χ4v) is 3.96. The Morgan fingerprint density at radius 1 is 1.30 bits per heavy atom. The van der Waals surface area contributed by atoms with E-state index in [9.17, 15) is 8.42 Å². The molecule has 0 aliphatic carbocycles. The first-order chi connectivity index (χ1) is 9.51. The summed E-state index contributed by atoms with van der Waals surface area (Å²) in [5, 5.41) is 0. The summed E-state index contributed by atoms with van der Waals surface area (Å²) < 4.78 is 28.9. The van der Waals surface area contributed by atoms with Crippen LogP contribution in [-0.4, -0.2) is 26.3 Å². The fourth-order valence-electron chi connectivity index (χ4n) is 2.41. The van der Waals surface area contributed by atoms with Crippen molar-refractivity contribution in [1.29, 1.82) is 0 Å². The summed E-state index contributed by atoms with van der Waals surface area (Å²) in [6.45, 7) is 0. The van der Waals surface area contributed by atoms with Crippen LogP contribution >= 0.6 is 0 Å². The molecule has 2 N–H and O–H groups in total.